The zero-order valence-corrected chi connectivity index (χ0v) is 16.4. The molecule has 0 bridgehead atoms. The predicted molar refractivity (Wildman–Crippen MR) is 105 cm³/mol. The maximum absolute atomic E-state index is 14.3. The lowest BCUT2D eigenvalue weighted by Gasteiger charge is -2.30. The Hall–Kier alpha value is -3.03. The molecule has 1 aromatic heterocycles. The number of carbonyl (C=O) groups excluding carboxylic acids is 2. The van der Waals surface area contributed by atoms with Gasteiger partial charge in [-0.2, -0.15) is 0 Å². The summed E-state index contributed by atoms with van der Waals surface area (Å²) in [6, 6.07) is 4.35. The third kappa shape index (κ3) is 5.73. The number of benzene rings is 1. The molecule has 2 aromatic rings. The van der Waals surface area contributed by atoms with E-state index < -0.39 is 11.7 Å². The number of hydrogen-bond acceptors (Lipinski definition) is 5. The van der Waals surface area contributed by atoms with Gasteiger partial charge in [0.15, 0.2) is 11.6 Å². The van der Waals surface area contributed by atoms with Crippen LogP contribution in [-0.4, -0.2) is 41.0 Å². The second-order valence-corrected chi connectivity index (χ2v) is 7.12. The van der Waals surface area contributed by atoms with Crippen LogP contribution in [0.1, 0.15) is 48.2 Å². The zero-order valence-electron chi connectivity index (χ0n) is 16.4. The molecular weight excluding hydrogens is 375 g/mol. The van der Waals surface area contributed by atoms with E-state index in [4.69, 9.17) is 4.74 Å². The third-order valence-corrected chi connectivity index (χ3v) is 5.03. The summed E-state index contributed by atoms with van der Waals surface area (Å²) in [5, 5.41) is 5.91. The third-order valence-electron chi connectivity index (χ3n) is 5.03. The van der Waals surface area contributed by atoms with Gasteiger partial charge in [0.1, 0.15) is 0 Å². The fraction of sp³-hybridized carbons (Fsp3) is 0.429. The number of ether oxygens (including phenoxy) is 1. The van der Waals surface area contributed by atoms with Gasteiger partial charge in [-0.3, -0.25) is 19.6 Å². The number of methoxy groups -OCH3 is 1. The molecule has 1 fully saturated rings. The van der Waals surface area contributed by atoms with Gasteiger partial charge < -0.3 is 15.4 Å². The summed E-state index contributed by atoms with van der Waals surface area (Å²) in [5.74, 6) is -1.15. The minimum absolute atomic E-state index is 0.0152. The number of aromatic nitrogens is 2. The fourth-order valence-corrected chi connectivity index (χ4v) is 3.56. The van der Waals surface area contributed by atoms with Gasteiger partial charge in [0.2, 0.25) is 5.91 Å². The van der Waals surface area contributed by atoms with Crippen LogP contribution in [-0.2, 0) is 11.2 Å². The first kappa shape index (κ1) is 20.7. The van der Waals surface area contributed by atoms with Crippen molar-refractivity contribution >= 4 is 11.8 Å². The van der Waals surface area contributed by atoms with Crippen LogP contribution in [0.5, 0.6) is 5.75 Å². The molecule has 7 nitrogen and oxygen atoms in total. The van der Waals surface area contributed by atoms with Crippen LogP contribution in [0.3, 0.4) is 0 Å². The average molecular weight is 400 g/mol. The summed E-state index contributed by atoms with van der Waals surface area (Å²) < 4.78 is 19.2. The van der Waals surface area contributed by atoms with Gasteiger partial charge in [0, 0.05) is 37.1 Å². The Labute approximate surface area is 169 Å². The summed E-state index contributed by atoms with van der Waals surface area (Å²) in [6.45, 7) is 0. The van der Waals surface area contributed by atoms with Crippen LogP contribution >= 0.6 is 0 Å². The molecule has 2 amide bonds. The van der Waals surface area contributed by atoms with Crippen LogP contribution in [0.15, 0.2) is 36.8 Å². The van der Waals surface area contributed by atoms with Gasteiger partial charge in [-0.15, -0.1) is 0 Å². The maximum Gasteiger partial charge on any atom is 0.254 e. The number of hydrogen-bond donors (Lipinski definition) is 2. The molecular formula is C21H25FN4O3. The first-order chi connectivity index (χ1) is 14.1. The van der Waals surface area contributed by atoms with Gasteiger partial charge in [-0.25, -0.2) is 4.39 Å². The highest BCUT2D eigenvalue weighted by Crippen LogP contribution is 2.22. The van der Waals surface area contributed by atoms with Crippen molar-refractivity contribution in [3.63, 3.8) is 0 Å². The van der Waals surface area contributed by atoms with Gasteiger partial charge >= 0.3 is 0 Å². The molecule has 1 aromatic carbocycles. The van der Waals surface area contributed by atoms with Crippen molar-refractivity contribution in [3.05, 3.63) is 53.9 Å². The Morgan fingerprint density at radius 2 is 2.00 bits per heavy atom. The number of rotatable bonds is 7. The zero-order chi connectivity index (χ0) is 20.6. The summed E-state index contributed by atoms with van der Waals surface area (Å²) in [6.07, 6.45) is 8.86. The van der Waals surface area contributed by atoms with Crippen molar-refractivity contribution in [1.29, 1.82) is 0 Å². The molecule has 0 radical (unpaired) electrons. The summed E-state index contributed by atoms with van der Waals surface area (Å²) in [7, 11) is 1.36. The van der Waals surface area contributed by atoms with Crippen molar-refractivity contribution in [2.75, 3.05) is 7.11 Å². The molecule has 1 saturated carbocycles. The summed E-state index contributed by atoms with van der Waals surface area (Å²) in [4.78, 5) is 32.9. The van der Waals surface area contributed by atoms with E-state index in [0.29, 0.717) is 19.3 Å². The minimum Gasteiger partial charge on any atom is -0.494 e. The SMILES string of the molecule is COc1cccc(C(=O)N[C@@H]2CCC[C@@H](NC(=O)CCc3cnccn3)C2)c1F. The summed E-state index contributed by atoms with van der Waals surface area (Å²) >= 11 is 0. The number of halogens is 1. The van der Waals surface area contributed by atoms with E-state index in [1.165, 1.54) is 19.2 Å². The normalized spacial score (nSPS) is 18.7. The molecule has 0 aliphatic heterocycles. The highest BCUT2D eigenvalue weighted by Gasteiger charge is 2.26. The van der Waals surface area contributed by atoms with E-state index in [9.17, 15) is 14.0 Å². The monoisotopic (exact) mass is 400 g/mol. The van der Waals surface area contributed by atoms with E-state index in [2.05, 4.69) is 20.6 Å². The van der Waals surface area contributed by atoms with Crippen LogP contribution in [0.2, 0.25) is 0 Å². The second-order valence-electron chi connectivity index (χ2n) is 7.12. The number of nitrogens with zero attached hydrogens (tertiary/aromatic N) is 2. The molecule has 1 aliphatic rings. The number of nitrogens with one attached hydrogen (secondary N) is 2. The lowest BCUT2D eigenvalue weighted by molar-refractivity contribution is -0.122. The number of amides is 2. The van der Waals surface area contributed by atoms with Crippen molar-refractivity contribution in [2.45, 2.75) is 50.6 Å². The first-order valence-electron chi connectivity index (χ1n) is 9.74. The standard InChI is InChI=1S/C21H25FN4O3/c1-29-18-7-3-6-17(20(18)22)21(28)26-15-5-2-4-14(12-15)25-19(27)9-8-16-13-23-10-11-24-16/h3,6-7,10-11,13-15H,2,4-5,8-9,12H2,1H3,(H,25,27)(H,26,28)/t14-,15-/m1/s1. The molecule has 29 heavy (non-hydrogen) atoms. The number of aryl methyl sites for hydroxylation is 1. The van der Waals surface area contributed by atoms with E-state index in [1.807, 2.05) is 0 Å². The largest absolute Gasteiger partial charge is 0.494 e. The molecule has 1 heterocycles. The molecule has 0 spiro atoms. The molecule has 0 unspecified atom stereocenters. The first-order valence-corrected chi connectivity index (χ1v) is 9.74. The van der Waals surface area contributed by atoms with Crippen molar-refractivity contribution < 1.29 is 18.7 Å². The smallest absolute Gasteiger partial charge is 0.254 e. The Morgan fingerprint density at radius 3 is 2.72 bits per heavy atom. The lowest BCUT2D eigenvalue weighted by atomic mass is 9.90. The topological polar surface area (TPSA) is 93.2 Å². The second kappa shape index (κ2) is 9.95. The lowest BCUT2D eigenvalue weighted by Crippen LogP contribution is -2.46. The van der Waals surface area contributed by atoms with Crippen molar-refractivity contribution in [3.8, 4) is 5.75 Å². The van der Waals surface area contributed by atoms with Crippen LogP contribution in [0.25, 0.3) is 0 Å². The Bertz CT molecular complexity index is 847. The number of carbonyl (C=O) groups is 2. The maximum atomic E-state index is 14.3. The van der Waals surface area contributed by atoms with E-state index >= 15 is 0 Å². The van der Waals surface area contributed by atoms with Crippen molar-refractivity contribution in [2.24, 2.45) is 0 Å². The molecule has 2 N–H and O–H groups in total. The van der Waals surface area contributed by atoms with Crippen LogP contribution < -0.4 is 15.4 Å². The Kier molecular flexibility index (Phi) is 7.10. The van der Waals surface area contributed by atoms with Crippen molar-refractivity contribution in [1.82, 2.24) is 20.6 Å². The van der Waals surface area contributed by atoms with Gasteiger partial charge in [0.25, 0.3) is 5.91 Å². The minimum atomic E-state index is -0.669. The molecule has 154 valence electrons. The van der Waals surface area contributed by atoms with E-state index in [0.717, 1.165) is 25.0 Å². The van der Waals surface area contributed by atoms with Gasteiger partial charge in [-0.1, -0.05) is 6.07 Å². The highest BCUT2D eigenvalue weighted by atomic mass is 19.1. The van der Waals surface area contributed by atoms with Gasteiger partial charge in [0.05, 0.1) is 18.4 Å². The van der Waals surface area contributed by atoms with Crippen LogP contribution in [0.4, 0.5) is 4.39 Å². The van der Waals surface area contributed by atoms with E-state index in [-0.39, 0.29) is 29.3 Å². The molecule has 0 saturated heterocycles. The fourth-order valence-electron chi connectivity index (χ4n) is 3.56. The molecule has 2 atom stereocenters. The summed E-state index contributed by atoms with van der Waals surface area (Å²) in [5.41, 5.74) is 0.733. The van der Waals surface area contributed by atoms with Gasteiger partial charge in [-0.05, 0) is 44.2 Å². The highest BCUT2D eigenvalue weighted by molar-refractivity contribution is 5.95. The van der Waals surface area contributed by atoms with E-state index in [1.54, 1.807) is 24.7 Å². The molecule has 8 heteroatoms. The Morgan fingerprint density at radius 1 is 1.21 bits per heavy atom. The predicted octanol–water partition coefficient (Wildman–Crippen LogP) is 2.41. The quantitative estimate of drug-likeness (QED) is 0.745. The van der Waals surface area contributed by atoms with Crippen LogP contribution in [0, 0.1) is 5.82 Å². The Balaban J connectivity index is 1.50. The average Bonchev–Trinajstić information content (AvgIpc) is 2.73. The molecule has 3 rings (SSSR count). The molecule has 1 aliphatic carbocycles.